The maximum atomic E-state index is 12.7. The van der Waals surface area contributed by atoms with Gasteiger partial charge in [-0.3, -0.25) is 9.89 Å². The van der Waals surface area contributed by atoms with Gasteiger partial charge in [-0.1, -0.05) is 30.3 Å². The number of hydrogen-bond donors (Lipinski definition) is 1. The Kier molecular flexibility index (Phi) is 5.00. The monoisotopic (exact) mass is 364 g/mol. The summed E-state index contributed by atoms with van der Waals surface area (Å²) >= 11 is 0. The molecule has 27 heavy (non-hydrogen) atoms. The Labute approximate surface area is 158 Å². The van der Waals surface area contributed by atoms with E-state index < -0.39 is 0 Å². The van der Waals surface area contributed by atoms with Crippen molar-refractivity contribution < 1.29 is 4.79 Å². The molecule has 1 atom stereocenters. The SMILES string of the molecule is C[C@@H](C(=O)N1CCC(c2cc(Cc3ccccc3)[nH]n2)CC1)n1cncn1. The molecule has 1 aliphatic rings. The minimum atomic E-state index is -0.313. The predicted octanol–water partition coefficient (Wildman–Crippen LogP) is 2.56. The highest BCUT2D eigenvalue weighted by molar-refractivity contribution is 5.80. The van der Waals surface area contributed by atoms with Crippen LogP contribution in [0.1, 0.15) is 48.7 Å². The zero-order valence-electron chi connectivity index (χ0n) is 15.5. The van der Waals surface area contributed by atoms with Gasteiger partial charge in [0.1, 0.15) is 18.7 Å². The van der Waals surface area contributed by atoms with E-state index in [1.165, 1.54) is 11.9 Å². The van der Waals surface area contributed by atoms with Crippen molar-refractivity contribution in [1.82, 2.24) is 29.9 Å². The van der Waals surface area contributed by atoms with Crippen molar-refractivity contribution in [2.24, 2.45) is 0 Å². The Morgan fingerprint density at radius 3 is 2.74 bits per heavy atom. The van der Waals surface area contributed by atoms with Crippen LogP contribution in [0.4, 0.5) is 0 Å². The number of benzene rings is 1. The van der Waals surface area contributed by atoms with Crippen molar-refractivity contribution in [3.05, 3.63) is 66.0 Å². The number of aromatic amines is 1. The van der Waals surface area contributed by atoms with Crippen LogP contribution < -0.4 is 0 Å². The number of piperidine rings is 1. The van der Waals surface area contributed by atoms with Crippen LogP contribution >= 0.6 is 0 Å². The summed E-state index contributed by atoms with van der Waals surface area (Å²) in [6, 6.07) is 12.3. The molecule has 1 fully saturated rings. The summed E-state index contributed by atoms with van der Waals surface area (Å²) in [6.07, 6.45) is 5.78. The number of H-pyrrole nitrogens is 1. The van der Waals surface area contributed by atoms with Gasteiger partial charge in [0.25, 0.3) is 0 Å². The molecule has 0 saturated carbocycles. The van der Waals surface area contributed by atoms with Gasteiger partial charge >= 0.3 is 0 Å². The molecule has 3 aromatic rings. The number of amides is 1. The number of hydrogen-bond acceptors (Lipinski definition) is 4. The summed E-state index contributed by atoms with van der Waals surface area (Å²) in [4.78, 5) is 18.5. The van der Waals surface area contributed by atoms with Gasteiger partial charge in [-0.2, -0.15) is 10.2 Å². The lowest BCUT2D eigenvalue weighted by Gasteiger charge is -2.32. The Bertz CT molecular complexity index is 865. The van der Waals surface area contributed by atoms with E-state index in [0.29, 0.717) is 5.92 Å². The first kappa shape index (κ1) is 17.5. The van der Waals surface area contributed by atoms with Gasteiger partial charge in [0.2, 0.25) is 5.91 Å². The number of nitrogens with one attached hydrogen (secondary N) is 1. The number of likely N-dealkylation sites (tertiary alicyclic amines) is 1. The van der Waals surface area contributed by atoms with Gasteiger partial charge < -0.3 is 4.90 Å². The second-order valence-electron chi connectivity index (χ2n) is 7.13. The Morgan fingerprint density at radius 2 is 2.04 bits per heavy atom. The van der Waals surface area contributed by atoms with Crippen molar-refractivity contribution in [3.8, 4) is 0 Å². The first-order chi connectivity index (χ1) is 13.2. The van der Waals surface area contributed by atoms with E-state index in [2.05, 4.69) is 50.6 Å². The van der Waals surface area contributed by atoms with E-state index in [1.54, 1.807) is 11.0 Å². The lowest BCUT2D eigenvalue weighted by Crippen LogP contribution is -2.41. The normalized spacial score (nSPS) is 16.4. The molecule has 140 valence electrons. The highest BCUT2D eigenvalue weighted by atomic mass is 16.2. The molecule has 1 aliphatic heterocycles. The molecule has 7 nitrogen and oxygen atoms in total. The van der Waals surface area contributed by atoms with Crippen LogP contribution in [0.2, 0.25) is 0 Å². The summed E-state index contributed by atoms with van der Waals surface area (Å²) in [5.74, 6) is 0.502. The van der Waals surface area contributed by atoms with Crippen molar-refractivity contribution in [3.63, 3.8) is 0 Å². The van der Waals surface area contributed by atoms with Crippen LogP contribution in [0.15, 0.2) is 49.1 Å². The van der Waals surface area contributed by atoms with Gasteiger partial charge in [0, 0.05) is 31.1 Å². The molecule has 1 aromatic carbocycles. The zero-order valence-corrected chi connectivity index (χ0v) is 15.5. The lowest BCUT2D eigenvalue weighted by molar-refractivity contribution is -0.135. The summed E-state index contributed by atoms with van der Waals surface area (Å²) in [6.45, 7) is 3.37. The van der Waals surface area contributed by atoms with E-state index in [0.717, 1.165) is 43.7 Å². The highest BCUT2D eigenvalue weighted by Gasteiger charge is 2.28. The quantitative estimate of drug-likeness (QED) is 0.754. The van der Waals surface area contributed by atoms with Gasteiger partial charge in [-0.15, -0.1) is 0 Å². The van der Waals surface area contributed by atoms with Gasteiger partial charge in [0.15, 0.2) is 0 Å². The predicted molar refractivity (Wildman–Crippen MR) is 101 cm³/mol. The second-order valence-corrected chi connectivity index (χ2v) is 7.13. The van der Waals surface area contributed by atoms with Gasteiger partial charge in [-0.25, -0.2) is 9.67 Å². The fourth-order valence-electron chi connectivity index (χ4n) is 3.69. The average Bonchev–Trinajstić information content (AvgIpc) is 3.40. The molecule has 0 aliphatic carbocycles. The second kappa shape index (κ2) is 7.73. The van der Waals surface area contributed by atoms with Crippen molar-refractivity contribution in [2.75, 3.05) is 13.1 Å². The maximum absolute atomic E-state index is 12.7. The van der Waals surface area contributed by atoms with Crippen LogP contribution in [-0.2, 0) is 11.2 Å². The number of nitrogens with zero attached hydrogens (tertiary/aromatic N) is 5. The van der Waals surface area contributed by atoms with E-state index in [9.17, 15) is 4.79 Å². The molecule has 0 unspecified atom stereocenters. The smallest absolute Gasteiger partial charge is 0.247 e. The Balaban J connectivity index is 1.33. The van der Waals surface area contributed by atoms with E-state index in [4.69, 9.17) is 0 Å². The maximum Gasteiger partial charge on any atom is 0.247 e. The molecule has 2 aromatic heterocycles. The highest BCUT2D eigenvalue weighted by Crippen LogP contribution is 2.28. The first-order valence-corrected chi connectivity index (χ1v) is 9.41. The van der Waals surface area contributed by atoms with Crippen LogP contribution in [-0.4, -0.2) is 48.9 Å². The average molecular weight is 364 g/mol. The molecule has 7 heteroatoms. The third-order valence-electron chi connectivity index (χ3n) is 5.30. The summed E-state index contributed by atoms with van der Waals surface area (Å²) < 4.78 is 1.61. The number of aromatic nitrogens is 5. The van der Waals surface area contributed by atoms with E-state index in [-0.39, 0.29) is 11.9 Å². The van der Waals surface area contributed by atoms with Crippen molar-refractivity contribution >= 4 is 5.91 Å². The van der Waals surface area contributed by atoms with Crippen molar-refractivity contribution in [2.45, 2.75) is 38.1 Å². The van der Waals surface area contributed by atoms with E-state index in [1.807, 2.05) is 17.9 Å². The third kappa shape index (κ3) is 3.92. The first-order valence-electron chi connectivity index (χ1n) is 9.41. The molecular weight excluding hydrogens is 340 g/mol. The number of carbonyl (C=O) groups is 1. The molecule has 1 amide bonds. The van der Waals surface area contributed by atoms with Crippen LogP contribution in [0.3, 0.4) is 0 Å². The molecule has 0 bridgehead atoms. The zero-order chi connectivity index (χ0) is 18.6. The van der Waals surface area contributed by atoms with Crippen molar-refractivity contribution in [1.29, 1.82) is 0 Å². The minimum Gasteiger partial charge on any atom is -0.341 e. The molecule has 0 radical (unpaired) electrons. The molecular formula is C20H24N6O. The third-order valence-corrected chi connectivity index (χ3v) is 5.30. The summed E-state index contributed by atoms with van der Waals surface area (Å²) in [5, 5.41) is 11.8. The summed E-state index contributed by atoms with van der Waals surface area (Å²) in [5.41, 5.74) is 3.52. The number of carbonyl (C=O) groups excluding carboxylic acids is 1. The Morgan fingerprint density at radius 1 is 1.26 bits per heavy atom. The van der Waals surface area contributed by atoms with E-state index >= 15 is 0 Å². The lowest BCUT2D eigenvalue weighted by atomic mass is 9.93. The van der Waals surface area contributed by atoms with Gasteiger partial charge in [-0.05, 0) is 31.4 Å². The van der Waals surface area contributed by atoms with Crippen LogP contribution in [0.5, 0.6) is 0 Å². The topological polar surface area (TPSA) is 79.7 Å². The summed E-state index contributed by atoms with van der Waals surface area (Å²) in [7, 11) is 0. The van der Waals surface area contributed by atoms with Gasteiger partial charge in [0.05, 0.1) is 5.69 Å². The number of rotatable bonds is 5. The molecule has 3 heterocycles. The molecule has 1 N–H and O–H groups in total. The standard InChI is InChI=1S/C20H24N6O/c1-15(26-14-21-13-22-26)20(27)25-9-7-17(8-10-25)19-12-18(23-24-19)11-16-5-3-2-4-6-16/h2-6,12-15,17H,7-11H2,1H3,(H,23,24)/t15-/m0/s1. The molecule has 0 spiro atoms. The molecule has 4 rings (SSSR count). The Hall–Kier alpha value is -2.96. The largest absolute Gasteiger partial charge is 0.341 e. The molecule has 1 saturated heterocycles. The fourth-order valence-corrected chi connectivity index (χ4v) is 3.69. The minimum absolute atomic E-state index is 0.103. The van der Waals surface area contributed by atoms with Crippen LogP contribution in [0, 0.1) is 0 Å². The van der Waals surface area contributed by atoms with Crippen LogP contribution in [0.25, 0.3) is 0 Å². The fraction of sp³-hybridized carbons (Fsp3) is 0.400.